The molecule has 2 N–H and O–H groups in total. The van der Waals surface area contributed by atoms with Crippen LogP contribution < -0.4 is 5.32 Å². The van der Waals surface area contributed by atoms with Gasteiger partial charge in [-0.05, 0) is 6.92 Å². The predicted octanol–water partition coefficient (Wildman–Crippen LogP) is 0.643. The van der Waals surface area contributed by atoms with E-state index in [0.29, 0.717) is 11.6 Å². The summed E-state index contributed by atoms with van der Waals surface area (Å²) in [6.45, 7) is 1.82. The molecular formula is C8H11N3OS. The number of nitrogens with one attached hydrogen (secondary N) is 1. The molecule has 4 nitrogen and oxygen atoms in total. The first-order valence-electron chi connectivity index (χ1n) is 3.87. The molecule has 0 saturated heterocycles. The summed E-state index contributed by atoms with van der Waals surface area (Å²) >= 11 is 1.27. The number of rotatable bonds is 4. The van der Waals surface area contributed by atoms with Crippen LogP contribution in [-0.2, 0) is 0 Å². The van der Waals surface area contributed by atoms with Gasteiger partial charge in [-0.1, -0.05) is 0 Å². The Bertz CT molecular complexity index is 305. The van der Waals surface area contributed by atoms with E-state index in [4.69, 9.17) is 11.5 Å². The Hall–Kier alpha value is -1.12. The van der Waals surface area contributed by atoms with Crippen LogP contribution in [0.1, 0.15) is 12.2 Å². The first kappa shape index (κ1) is 9.96. The lowest BCUT2D eigenvalue weighted by atomic mass is 10.2. The highest BCUT2D eigenvalue weighted by Gasteiger charge is 2.07. The minimum absolute atomic E-state index is 0.00281. The summed E-state index contributed by atoms with van der Waals surface area (Å²) in [7, 11) is 0. The van der Waals surface area contributed by atoms with E-state index in [1.165, 1.54) is 11.5 Å². The standard InChI is InChI=1S/C8H11N3OS/c1-3-4-7(5-12)10-8-9-6(2)11-13-8/h1,7,12H,4-5H2,2H3,(H,9,10,11)/t7-/m0/s1. The van der Waals surface area contributed by atoms with Crippen molar-refractivity contribution in [3.63, 3.8) is 0 Å². The fourth-order valence-corrected chi connectivity index (χ4v) is 1.49. The van der Waals surface area contributed by atoms with Gasteiger partial charge in [0.25, 0.3) is 0 Å². The van der Waals surface area contributed by atoms with Gasteiger partial charge < -0.3 is 10.4 Å². The minimum atomic E-state index is -0.127. The van der Waals surface area contributed by atoms with Crippen LogP contribution in [0.2, 0.25) is 0 Å². The first-order valence-corrected chi connectivity index (χ1v) is 4.64. The fourth-order valence-electron chi connectivity index (χ4n) is 0.834. The van der Waals surface area contributed by atoms with Gasteiger partial charge in [-0.25, -0.2) is 4.98 Å². The van der Waals surface area contributed by atoms with Gasteiger partial charge in [-0.2, -0.15) is 4.37 Å². The molecule has 0 bridgehead atoms. The third kappa shape index (κ3) is 3.01. The molecule has 0 radical (unpaired) electrons. The van der Waals surface area contributed by atoms with Crippen molar-refractivity contribution in [2.24, 2.45) is 0 Å². The molecule has 0 aliphatic rings. The van der Waals surface area contributed by atoms with Gasteiger partial charge in [-0.15, -0.1) is 12.3 Å². The summed E-state index contributed by atoms with van der Waals surface area (Å²) in [5.41, 5.74) is 0. The van der Waals surface area contributed by atoms with E-state index in [9.17, 15) is 0 Å². The Morgan fingerprint density at radius 2 is 2.54 bits per heavy atom. The van der Waals surface area contributed by atoms with E-state index in [-0.39, 0.29) is 12.6 Å². The van der Waals surface area contributed by atoms with Crippen molar-refractivity contribution in [2.75, 3.05) is 11.9 Å². The van der Waals surface area contributed by atoms with E-state index in [2.05, 4.69) is 20.6 Å². The Kier molecular flexibility index (Phi) is 3.68. The molecule has 0 spiro atoms. The van der Waals surface area contributed by atoms with Crippen molar-refractivity contribution in [2.45, 2.75) is 19.4 Å². The number of nitrogens with zero attached hydrogens (tertiary/aromatic N) is 2. The monoisotopic (exact) mass is 197 g/mol. The lowest BCUT2D eigenvalue weighted by molar-refractivity contribution is 0.276. The van der Waals surface area contributed by atoms with Crippen LogP contribution in [0.25, 0.3) is 0 Å². The maximum absolute atomic E-state index is 8.92. The maximum atomic E-state index is 8.92. The van der Waals surface area contributed by atoms with E-state index in [1.807, 2.05) is 6.92 Å². The van der Waals surface area contributed by atoms with Crippen molar-refractivity contribution in [1.82, 2.24) is 9.36 Å². The second-order valence-electron chi connectivity index (χ2n) is 2.58. The Morgan fingerprint density at radius 3 is 3.00 bits per heavy atom. The van der Waals surface area contributed by atoms with Gasteiger partial charge in [-0.3, -0.25) is 0 Å². The van der Waals surface area contributed by atoms with E-state index in [1.54, 1.807) is 0 Å². The maximum Gasteiger partial charge on any atom is 0.202 e. The summed E-state index contributed by atoms with van der Waals surface area (Å²) < 4.78 is 4.00. The van der Waals surface area contributed by atoms with E-state index < -0.39 is 0 Å². The van der Waals surface area contributed by atoms with Crippen LogP contribution in [0, 0.1) is 19.3 Å². The number of aryl methyl sites for hydroxylation is 1. The number of terminal acetylenes is 1. The van der Waals surface area contributed by atoms with Gasteiger partial charge in [0.1, 0.15) is 5.82 Å². The molecule has 0 amide bonds. The molecule has 1 rings (SSSR count). The molecule has 13 heavy (non-hydrogen) atoms. The molecule has 0 fully saturated rings. The number of aliphatic hydroxyl groups excluding tert-OH is 1. The zero-order valence-electron chi connectivity index (χ0n) is 7.32. The molecule has 1 atom stereocenters. The van der Waals surface area contributed by atoms with Gasteiger partial charge in [0.15, 0.2) is 0 Å². The molecule has 1 aromatic heterocycles. The molecule has 0 aromatic carbocycles. The zero-order chi connectivity index (χ0) is 9.68. The highest BCUT2D eigenvalue weighted by Crippen LogP contribution is 2.12. The average Bonchev–Trinajstić information content (AvgIpc) is 2.50. The van der Waals surface area contributed by atoms with Crippen LogP contribution in [0.15, 0.2) is 0 Å². The zero-order valence-corrected chi connectivity index (χ0v) is 8.14. The molecule has 70 valence electrons. The number of anilines is 1. The largest absolute Gasteiger partial charge is 0.394 e. The van der Waals surface area contributed by atoms with Crippen LogP contribution in [-0.4, -0.2) is 27.1 Å². The molecule has 0 unspecified atom stereocenters. The summed E-state index contributed by atoms with van der Waals surface area (Å²) in [5, 5.41) is 12.6. The third-order valence-corrected chi connectivity index (χ3v) is 2.18. The van der Waals surface area contributed by atoms with Crippen LogP contribution in [0.5, 0.6) is 0 Å². The van der Waals surface area contributed by atoms with Crippen molar-refractivity contribution < 1.29 is 5.11 Å². The van der Waals surface area contributed by atoms with Crippen LogP contribution >= 0.6 is 11.5 Å². The number of hydrogen-bond donors (Lipinski definition) is 2. The van der Waals surface area contributed by atoms with Gasteiger partial charge in [0.2, 0.25) is 5.13 Å². The van der Waals surface area contributed by atoms with Gasteiger partial charge in [0.05, 0.1) is 12.6 Å². The molecule has 1 heterocycles. The van der Waals surface area contributed by atoms with Gasteiger partial charge in [0, 0.05) is 18.0 Å². The molecule has 1 aromatic rings. The molecule has 5 heteroatoms. The molecule has 0 aliphatic carbocycles. The second-order valence-corrected chi connectivity index (χ2v) is 3.33. The summed E-state index contributed by atoms with van der Waals surface area (Å²) in [6, 6.07) is -0.127. The summed E-state index contributed by atoms with van der Waals surface area (Å²) in [4.78, 5) is 4.10. The Labute approximate surface area is 81.2 Å². The first-order chi connectivity index (χ1) is 6.26. The lowest BCUT2D eigenvalue weighted by Crippen LogP contribution is -2.22. The number of aromatic nitrogens is 2. The predicted molar refractivity (Wildman–Crippen MR) is 52.6 cm³/mol. The summed E-state index contributed by atoms with van der Waals surface area (Å²) in [5.74, 6) is 3.21. The highest BCUT2D eigenvalue weighted by atomic mass is 32.1. The van der Waals surface area contributed by atoms with Crippen molar-refractivity contribution >= 4 is 16.7 Å². The topological polar surface area (TPSA) is 58.0 Å². The van der Waals surface area contributed by atoms with E-state index >= 15 is 0 Å². The van der Waals surface area contributed by atoms with Gasteiger partial charge >= 0.3 is 0 Å². The van der Waals surface area contributed by atoms with Crippen molar-refractivity contribution in [3.05, 3.63) is 5.82 Å². The molecular weight excluding hydrogens is 186 g/mol. The third-order valence-electron chi connectivity index (χ3n) is 1.44. The number of hydrogen-bond acceptors (Lipinski definition) is 5. The Balaban J connectivity index is 2.52. The fraction of sp³-hybridized carbons (Fsp3) is 0.500. The molecule has 0 aliphatic heterocycles. The van der Waals surface area contributed by atoms with Crippen LogP contribution in [0.3, 0.4) is 0 Å². The second kappa shape index (κ2) is 4.80. The average molecular weight is 197 g/mol. The normalized spacial score (nSPS) is 12.1. The Morgan fingerprint density at radius 1 is 1.77 bits per heavy atom. The minimum Gasteiger partial charge on any atom is -0.394 e. The SMILES string of the molecule is C#CC[C@@H](CO)Nc1nc(C)ns1. The smallest absolute Gasteiger partial charge is 0.202 e. The highest BCUT2D eigenvalue weighted by molar-refractivity contribution is 7.09. The quantitative estimate of drug-likeness (QED) is 0.696. The van der Waals surface area contributed by atoms with E-state index in [0.717, 1.165) is 5.82 Å². The van der Waals surface area contributed by atoms with Crippen molar-refractivity contribution in [1.29, 1.82) is 0 Å². The summed E-state index contributed by atoms with van der Waals surface area (Å²) in [6.07, 6.45) is 5.61. The lowest BCUT2D eigenvalue weighted by Gasteiger charge is -2.10. The number of aliphatic hydroxyl groups is 1. The molecule has 0 saturated carbocycles. The van der Waals surface area contributed by atoms with Crippen molar-refractivity contribution in [3.8, 4) is 12.3 Å². The van der Waals surface area contributed by atoms with Crippen LogP contribution in [0.4, 0.5) is 5.13 Å².